The van der Waals surface area contributed by atoms with Crippen LogP contribution in [0.4, 0.5) is 5.82 Å². The van der Waals surface area contributed by atoms with E-state index in [4.69, 9.17) is 5.73 Å². The van der Waals surface area contributed by atoms with Gasteiger partial charge in [-0.2, -0.15) is 5.10 Å². The van der Waals surface area contributed by atoms with Gasteiger partial charge in [0, 0.05) is 12.6 Å². The molecule has 0 aromatic carbocycles. The summed E-state index contributed by atoms with van der Waals surface area (Å²) in [6.07, 6.45) is 7.19. The summed E-state index contributed by atoms with van der Waals surface area (Å²) in [5.74, 6) is 1.53. The van der Waals surface area contributed by atoms with Crippen molar-refractivity contribution in [1.82, 2.24) is 9.78 Å². The molecule has 3 heteroatoms. The molecule has 3 nitrogen and oxygen atoms in total. The number of rotatable bonds is 1. The van der Waals surface area contributed by atoms with Gasteiger partial charge in [-0.1, -0.05) is 12.8 Å². The molecule has 0 atom stereocenters. The third kappa shape index (κ3) is 1.09. The number of aromatic nitrogens is 2. The van der Waals surface area contributed by atoms with Crippen molar-refractivity contribution < 1.29 is 0 Å². The third-order valence-corrected chi connectivity index (χ3v) is 2.81. The van der Waals surface area contributed by atoms with Crippen LogP contribution in [-0.4, -0.2) is 9.78 Å². The van der Waals surface area contributed by atoms with E-state index < -0.39 is 0 Å². The van der Waals surface area contributed by atoms with E-state index >= 15 is 0 Å². The Kier molecular flexibility index (Phi) is 1.79. The summed E-state index contributed by atoms with van der Waals surface area (Å²) in [6, 6.07) is 0. The zero-order valence-electron chi connectivity index (χ0n) is 7.45. The van der Waals surface area contributed by atoms with Crippen molar-refractivity contribution in [3.63, 3.8) is 0 Å². The highest BCUT2D eigenvalue weighted by molar-refractivity contribution is 5.41. The Labute approximate surface area is 72.6 Å². The van der Waals surface area contributed by atoms with E-state index in [-0.39, 0.29) is 0 Å². The molecule has 66 valence electrons. The molecule has 0 aliphatic heterocycles. The van der Waals surface area contributed by atoms with Crippen molar-refractivity contribution in [2.75, 3.05) is 5.73 Å². The molecule has 0 bridgehead atoms. The summed E-state index contributed by atoms with van der Waals surface area (Å²) < 4.78 is 1.76. The molecule has 12 heavy (non-hydrogen) atoms. The number of anilines is 1. The minimum atomic E-state index is 0.679. The normalized spacial score (nSPS) is 18.8. The van der Waals surface area contributed by atoms with Crippen LogP contribution in [0.3, 0.4) is 0 Å². The van der Waals surface area contributed by atoms with Gasteiger partial charge in [0.15, 0.2) is 0 Å². The minimum absolute atomic E-state index is 0.679. The largest absolute Gasteiger partial charge is 0.384 e. The van der Waals surface area contributed by atoms with E-state index in [1.807, 2.05) is 13.2 Å². The SMILES string of the molecule is Cn1ncc(C2CCCC2)c1N. The molecule has 1 saturated carbocycles. The predicted octanol–water partition coefficient (Wildman–Crippen LogP) is 1.66. The lowest BCUT2D eigenvalue weighted by molar-refractivity contribution is 0.723. The Morgan fingerprint density at radius 1 is 1.50 bits per heavy atom. The first-order valence-electron chi connectivity index (χ1n) is 4.56. The van der Waals surface area contributed by atoms with Crippen LogP contribution in [0, 0.1) is 0 Å². The van der Waals surface area contributed by atoms with Crippen molar-refractivity contribution in [3.8, 4) is 0 Å². The van der Waals surface area contributed by atoms with Gasteiger partial charge in [0.25, 0.3) is 0 Å². The van der Waals surface area contributed by atoms with E-state index in [1.54, 1.807) is 4.68 Å². The van der Waals surface area contributed by atoms with Crippen LogP contribution >= 0.6 is 0 Å². The van der Waals surface area contributed by atoms with Crippen molar-refractivity contribution in [1.29, 1.82) is 0 Å². The molecule has 1 aromatic heterocycles. The second-order valence-corrected chi connectivity index (χ2v) is 3.59. The summed E-state index contributed by atoms with van der Waals surface area (Å²) in [5, 5.41) is 4.15. The fraction of sp³-hybridized carbons (Fsp3) is 0.667. The van der Waals surface area contributed by atoms with Gasteiger partial charge in [0.05, 0.1) is 6.20 Å². The highest BCUT2D eigenvalue weighted by atomic mass is 15.3. The maximum Gasteiger partial charge on any atom is 0.124 e. The van der Waals surface area contributed by atoms with E-state index in [1.165, 1.54) is 31.2 Å². The Bertz CT molecular complexity index is 271. The summed E-state index contributed by atoms with van der Waals surface area (Å²) >= 11 is 0. The smallest absolute Gasteiger partial charge is 0.124 e. The van der Waals surface area contributed by atoms with Crippen LogP contribution in [-0.2, 0) is 7.05 Å². The number of nitrogens with two attached hydrogens (primary N) is 1. The monoisotopic (exact) mass is 165 g/mol. The van der Waals surface area contributed by atoms with Crippen molar-refractivity contribution in [2.45, 2.75) is 31.6 Å². The lowest BCUT2D eigenvalue weighted by Gasteiger charge is -2.06. The maximum absolute atomic E-state index is 5.88. The van der Waals surface area contributed by atoms with Crippen LogP contribution in [0.2, 0.25) is 0 Å². The molecule has 1 fully saturated rings. The van der Waals surface area contributed by atoms with E-state index in [0.717, 1.165) is 5.82 Å². The fourth-order valence-electron chi connectivity index (χ4n) is 2.02. The average Bonchev–Trinajstić information content (AvgIpc) is 2.64. The van der Waals surface area contributed by atoms with Gasteiger partial charge in [-0.3, -0.25) is 4.68 Å². The Hall–Kier alpha value is -0.990. The van der Waals surface area contributed by atoms with Crippen LogP contribution in [0.5, 0.6) is 0 Å². The van der Waals surface area contributed by atoms with Gasteiger partial charge in [-0.25, -0.2) is 0 Å². The standard InChI is InChI=1S/C9H15N3/c1-12-9(10)8(6-11-12)7-4-2-3-5-7/h6-7H,2-5,10H2,1H3. The number of nitrogen functional groups attached to an aromatic ring is 1. The van der Waals surface area contributed by atoms with Gasteiger partial charge in [0.2, 0.25) is 0 Å². The quantitative estimate of drug-likeness (QED) is 0.687. The Morgan fingerprint density at radius 3 is 2.67 bits per heavy atom. The van der Waals surface area contributed by atoms with Crippen molar-refractivity contribution in [2.24, 2.45) is 7.05 Å². The van der Waals surface area contributed by atoms with Crippen molar-refractivity contribution >= 4 is 5.82 Å². The second-order valence-electron chi connectivity index (χ2n) is 3.59. The number of hydrogen-bond donors (Lipinski definition) is 1. The maximum atomic E-state index is 5.88. The first-order chi connectivity index (χ1) is 5.79. The van der Waals surface area contributed by atoms with Crippen LogP contribution in [0.15, 0.2) is 6.20 Å². The lowest BCUT2D eigenvalue weighted by atomic mass is 10.0. The zero-order chi connectivity index (χ0) is 8.55. The highest BCUT2D eigenvalue weighted by Gasteiger charge is 2.20. The molecule has 0 radical (unpaired) electrons. The Balaban J connectivity index is 2.26. The van der Waals surface area contributed by atoms with Crippen molar-refractivity contribution in [3.05, 3.63) is 11.8 Å². The van der Waals surface area contributed by atoms with E-state index in [9.17, 15) is 0 Å². The Morgan fingerprint density at radius 2 is 2.17 bits per heavy atom. The van der Waals surface area contributed by atoms with Crippen LogP contribution in [0.25, 0.3) is 0 Å². The van der Waals surface area contributed by atoms with Crippen LogP contribution < -0.4 is 5.73 Å². The molecule has 0 saturated heterocycles. The number of nitrogens with zero attached hydrogens (tertiary/aromatic N) is 2. The summed E-state index contributed by atoms with van der Waals surface area (Å²) in [6.45, 7) is 0. The molecular formula is C9H15N3. The third-order valence-electron chi connectivity index (χ3n) is 2.81. The zero-order valence-corrected chi connectivity index (χ0v) is 7.45. The van der Waals surface area contributed by atoms with Gasteiger partial charge >= 0.3 is 0 Å². The first-order valence-corrected chi connectivity index (χ1v) is 4.56. The summed E-state index contributed by atoms with van der Waals surface area (Å²) in [7, 11) is 1.90. The second kappa shape index (κ2) is 2.81. The molecule has 1 aromatic rings. The molecule has 0 amide bonds. The molecule has 0 spiro atoms. The molecular weight excluding hydrogens is 150 g/mol. The number of aryl methyl sites for hydroxylation is 1. The van der Waals surface area contributed by atoms with Gasteiger partial charge in [-0.05, 0) is 18.8 Å². The molecule has 1 aliphatic rings. The average molecular weight is 165 g/mol. The van der Waals surface area contributed by atoms with E-state index in [0.29, 0.717) is 5.92 Å². The van der Waals surface area contributed by atoms with Gasteiger partial charge in [0.1, 0.15) is 5.82 Å². The van der Waals surface area contributed by atoms with Gasteiger partial charge in [-0.15, -0.1) is 0 Å². The van der Waals surface area contributed by atoms with Crippen LogP contribution in [0.1, 0.15) is 37.2 Å². The minimum Gasteiger partial charge on any atom is -0.384 e. The molecule has 2 N–H and O–H groups in total. The summed E-state index contributed by atoms with van der Waals surface area (Å²) in [5.41, 5.74) is 7.14. The fourth-order valence-corrected chi connectivity index (χ4v) is 2.02. The molecule has 0 unspecified atom stereocenters. The van der Waals surface area contributed by atoms with Gasteiger partial charge < -0.3 is 5.73 Å². The molecule has 1 aliphatic carbocycles. The van der Waals surface area contributed by atoms with E-state index in [2.05, 4.69) is 5.10 Å². The summed E-state index contributed by atoms with van der Waals surface area (Å²) in [4.78, 5) is 0. The lowest BCUT2D eigenvalue weighted by Crippen LogP contribution is -2.01. The highest BCUT2D eigenvalue weighted by Crippen LogP contribution is 2.36. The topological polar surface area (TPSA) is 43.8 Å². The number of hydrogen-bond acceptors (Lipinski definition) is 2. The predicted molar refractivity (Wildman–Crippen MR) is 48.8 cm³/mol. The molecule has 1 heterocycles. The molecule has 2 rings (SSSR count). The first kappa shape index (κ1) is 7.65.